The van der Waals surface area contributed by atoms with Gasteiger partial charge in [-0.1, -0.05) is 36.4 Å². The van der Waals surface area contributed by atoms with Crippen LogP contribution >= 0.6 is 12.2 Å². The van der Waals surface area contributed by atoms with Crippen molar-refractivity contribution < 1.29 is 9.64 Å². The maximum Gasteiger partial charge on any atom is 0.171 e. The number of anilines is 1. The van der Waals surface area contributed by atoms with Gasteiger partial charge >= 0.3 is 0 Å². The van der Waals surface area contributed by atoms with Gasteiger partial charge in [-0.25, -0.2) is 0 Å². The van der Waals surface area contributed by atoms with Crippen LogP contribution in [0.1, 0.15) is 12.0 Å². The van der Waals surface area contributed by atoms with E-state index in [1.807, 2.05) is 24.3 Å². The maximum absolute atomic E-state index is 5.45. The van der Waals surface area contributed by atoms with Gasteiger partial charge in [-0.3, -0.25) is 0 Å². The molecule has 126 valence electrons. The van der Waals surface area contributed by atoms with E-state index in [4.69, 9.17) is 17.0 Å². The smallest absolute Gasteiger partial charge is 0.171 e. The van der Waals surface area contributed by atoms with E-state index in [0.717, 1.165) is 30.9 Å². The third kappa shape index (κ3) is 4.69. The molecule has 1 heterocycles. The van der Waals surface area contributed by atoms with Crippen LogP contribution in [0, 0.1) is 0 Å². The summed E-state index contributed by atoms with van der Waals surface area (Å²) in [6, 6.07) is 18.9. The summed E-state index contributed by atoms with van der Waals surface area (Å²) in [5.74, 6) is 0.821. The molecule has 0 bridgehead atoms. The Hall–Kier alpha value is -2.11. The van der Waals surface area contributed by atoms with Crippen molar-refractivity contribution in [1.29, 1.82) is 0 Å². The van der Waals surface area contributed by atoms with E-state index in [-0.39, 0.29) is 0 Å². The summed E-state index contributed by atoms with van der Waals surface area (Å²) in [6.45, 7) is 3.35. The van der Waals surface area contributed by atoms with Crippen LogP contribution in [0.5, 0.6) is 5.75 Å². The highest BCUT2D eigenvalue weighted by atomic mass is 32.1. The molecule has 3 rings (SSSR count). The zero-order chi connectivity index (χ0) is 16.8. The minimum absolute atomic E-state index is 0.425. The lowest BCUT2D eigenvalue weighted by molar-refractivity contribution is -0.901. The number of methoxy groups -OCH3 is 1. The molecule has 2 aromatic rings. The first-order valence-corrected chi connectivity index (χ1v) is 8.73. The van der Waals surface area contributed by atoms with Gasteiger partial charge in [0.25, 0.3) is 0 Å². The SMILES string of the molecule is COc1cccc(NC(=S)N[C@@H]2CC[NH+](Cc3ccccc3)C2)c1. The van der Waals surface area contributed by atoms with Crippen molar-refractivity contribution >= 4 is 23.0 Å². The standard InChI is InChI=1S/C19H23N3OS/c1-23-18-9-5-8-16(12-18)20-19(24)21-17-10-11-22(14-17)13-15-6-3-2-4-7-15/h2-9,12,17H,10-11,13-14H2,1H3,(H2,20,21,24)/p+1/t17-/m1/s1. The molecule has 1 unspecified atom stereocenters. The molecular formula is C19H24N3OS+. The highest BCUT2D eigenvalue weighted by Crippen LogP contribution is 2.16. The van der Waals surface area contributed by atoms with E-state index < -0.39 is 0 Å². The summed E-state index contributed by atoms with van der Waals surface area (Å²) in [5, 5.41) is 7.35. The van der Waals surface area contributed by atoms with E-state index in [0.29, 0.717) is 11.2 Å². The molecule has 2 aromatic carbocycles. The van der Waals surface area contributed by atoms with E-state index in [1.165, 1.54) is 12.1 Å². The molecule has 0 amide bonds. The second-order valence-corrected chi connectivity index (χ2v) is 6.59. The van der Waals surface area contributed by atoms with Crippen molar-refractivity contribution in [3.05, 3.63) is 60.2 Å². The third-order valence-corrected chi connectivity index (χ3v) is 4.56. The topological polar surface area (TPSA) is 37.7 Å². The van der Waals surface area contributed by atoms with Crippen LogP contribution in [0.25, 0.3) is 0 Å². The van der Waals surface area contributed by atoms with Crippen molar-refractivity contribution in [3.8, 4) is 5.75 Å². The Morgan fingerprint density at radius 3 is 2.83 bits per heavy atom. The van der Waals surface area contributed by atoms with Gasteiger partial charge in [0.05, 0.1) is 26.2 Å². The molecular weight excluding hydrogens is 318 g/mol. The summed E-state index contributed by atoms with van der Waals surface area (Å²) in [4.78, 5) is 1.60. The Morgan fingerprint density at radius 2 is 2.04 bits per heavy atom. The van der Waals surface area contributed by atoms with E-state index in [2.05, 4.69) is 41.0 Å². The lowest BCUT2D eigenvalue weighted by atomic mass is 10.2. The summed E-state index contributed by atoms with van der Waals surface area (Å²) in [5.41, 5.74) is 2.34. The minimum atomic E-state index is 0.425. The fourth-order valence-corrected chi connectivity index (χ4v) is 3.44. The van der Waals surface area contributed by atoms with Gasteiger partial charge in [-0.2, -0.15) is 0 Å². The Bertz CT molecular complexity index is 677. The number of thiocarbonyl (C=S) groups is 1. The molecule has 0 saturated carbocycles. The lowest BCUT2D eigenvalue weighted by Gasteiger charge is -2.16. The second kappa shape index (κ2) is 8.13. The van der Waals surface area contributed by atoms with E-state index >= 15 is 0 Å². The molecule has 3 N–H and O–H groups in total. The van der Waals surface area contributed by atoms with Gasteiger partial charge < -0.3 is 20.3 Å². The number of hydrogen-bond donors (Lipinski definition) is 3. The summed E-state index contributed by atoms with van der Waals surface area (Å²) < 4.78 is 5.23. The number of hydrogen-bond acceptors (Lipinski definition) is 2. The van der Waals surface area contributed by atoms with Crippen molar-refractivity contribution in [2.45, 2.75) is 19.0 Å². The Balaban J connectivity index is 1.47. The van der Waals surface area contributed by atoms with Crippen LogP contribution in [0.3, 0.4) is 0 Å². The molecule has 0 aromatic heterocycles. The fourth-order valence-electron chi connectivity index (χ4n) is 3.15. The Kier molecular flexibility index (Phi) is 5.67. The number of ether oxygens (including phenoxy) is 1. The highest BCUT2D eigenvalue weighted by molar-refractivity contribution is 7.80. The Morgan fingerprint density at radius 1 is 1.21 bits per heavy atom. The van der Waals surface area contributed by atoms with Crippen LogP contribution in [0.15, 0.2) is 54.6 Å². The molecule has 0 radical (unpaired) electrons. The molecule has 1 saturated heterocycles. The molecule has 4 nitrogen and oxygen atoms in total. The highest BCUT2D eigenvalue weighted by Gasteiger charge is 2.26. The van der Waals surface area contributed by atoms with Gasteiger partial charge in [0.15, 0.2) is 5.11 Å². The van der Waals surface area contributed by atoms with Crippen molar-refractivity contribution in [2.75, 3.05) is 25.5 Å². The molecule has 1 aliphatic rings. The fraction of sp³-hybridized carbons (Fsp3) is 0.316. The van der Waals surface area contributed by atoms with Crippen molar-refractivity contribution in [2.24, 2.45) is 0 Å². The third-order valence-electron chi connectivity index (χ3n) is 4.34. The van der Waals surface area contributed by atoms with E-state index in [9.17, 15) is 0 Å². The molecule has 1 fully saturated rings. The minimum Gasteiger partial charge on any atom is -0.497 e. The van der Waals surface area contributed by atoms with Gasteiger partial charge in [0.2, 0.25) is 0 Å². The number of quaternary nitrogens is 1. The molecule has 2 atom stereocenters. The quantitative estimate of drug-likeness (QED) is 0.725. The average molecular weight is 342 g/mol. The van der Waals surface area contributed by atoms with Gasteiger partial charge in [0.1, 0.15) is 12.3 Å². The van der Waals surface area contributed by atoms with Crippen LogP contribution in [-0.4, -0.2) is 31.4 Å². The Labute approximate surface area is 148 Å². The van der Waals surface area contributed by atoms with Crippen LogP contribution < -0.4 is 20.3 Å². The van der Waals surface area contributed by atoms with Gasteiger partial charge in [-0.15, -0.1) is 0 Å². The molecule has 24 heavy (non-hydrogen) atoms. The second-order valence-electron chi connectivity index (χ2n) is 6.18. The number of nitrogens with one attached hydrogen (secondary N) is 3. The first-order valence-electron chi connectivity index (χ1n) is 8.32. The normalized spacial score (nSPS) is 19.7. The number of benzene rings is 2. The summed E-state index contributed by atoms with van der Waals surface area (Å²) >= 11 is 5.45. The zero-order valence-corrected chi connectivity index (χ0v) is 14.7. The first-order chi connectivity index (χ1) is 11.7. The maximum atomic E-state index is 5.45. The van der Waals surface area contributed by atoms with Crippen molar-refractivity contribution in [3.63, 3.8) is 0 Å². The monoisotopic (exact) mass is 342 g/mol. The lowest BCUT2D eigenvalue weighted by Crippen LogP contribution is -3.09. The molecule has 0 aliphatic carbocycles. The van der Waals surface area contributed by atoms with E-state index in [1.54, 1.807) is 12.0 Å². The molecule has 0 spiro atoms. The van der Waals surface area contributed by atoms with Gasteiger partial charge in [0, 0.05) is 23.7 Å². The zero-order valence-electron chi connectivity index (χ0n) is 13.9. The molecule has 5 heteroatoms. The molecule has 1 aliphatic heterocycles. The summed E-state index contributed by atoms with van der Waals surface area (Å²) in [6.07, 6.45) is 1.14. The number of likely N-dealkylation sites (tertiary alicyclic amines) is 1. The summed E-state index contributed by atoms with van der Waals surface area (Å²) in [7, 11) is 1.66. The first kappa shape index (κ1) is 16.7. The van der Waals surface area contributed by atoms with Crippen LogP contribution in [0.2, 0.25) is 0 Å². The predicted molar refractivity (Wildman–Crippen MR) is 102 cm³/mol. The largest absolute Gasteiger partial charge is 0.497 e. The van der Waals surface area contributed by atoms with Crippen molar-refractivity contribution in [1.82, 2.24) is 5.32 Å². The van der Waals surface area contributed by atoms with Gasteiger partial charge in [-0.05, 0) is 24.4 Å². The average Bonchev–Trinajstić information content (AvgIpc) is 3.02. The van der Waals surface area contributed by atoms with Crippen LogP contribution in [-0.2, 0) is 6.54 Å². The predicted octanol–water partition coefficient (Wildman–Crippen LogP) is 1.84. The number of rotatable bonds is 5. The van der Waals surface area contributed by atoms with Crippen LogP contribution in [0.4, 0.5) is 5.69 Å².